The predicted octanol–water partition coefficient (Wildman–Crippen LogP) is 2.44. The number of carbonyl (C=O) groups is 5. The van der Waals surface area contributed by atoms with E-state index in [0.717, 1.165) is 4.90 Å². The van der Waals surface area contributed by atoms with Crippen molar-refractivity contribution in [2.45, 2.75) is 32.9 Å². The van der Waals surface area contributed by atoms with Crippen LogP contribution in [0.15, 0.2) is 48.5 Å². The SMILES string of the molecule is CC(=O)c1ccc(NC(=O)[C@@H](C)OC(=O)[C@H](C)N2C(=O)c3ccccc3C2=O)cc1. The number of anilines is 1. The summed E-state index contributed by atoms with van der Waals surface area (Å²) in [6, 6.07) is 11.4. The van der Waals surface area contributed by atoms with Crippen molar-refractivity contribution in [1.29, 1.82) is 0 Å². The highest BCUT2D eigenvalue weighted by molar-refractivity contribution is 6.22. The number of nitrogens with zero attached hydrogens (tertiary/aromatic N) is 1. The first-order valence-corrected chi connectivity index (χ1v) is 9.30. The molecule has 0 saturated carbocycles. The van der Waals surface area contributed by atoms with Gasteiger partial charge in [0.05, 0.1) is 11.1 Å². The lowest BCUT2D eigenvalue weighted by molar-refractivity contribution is -0.156. The number of nitrogens with one attached hydrogen (secondary N) is 1. The summed E-state index contributed by atoms with van der Waals surface area (Å²) < 4.78 is 5.16. The zero-order valence-corrected chi connectivity index (χ0v) is 16.7. The first-order chi connectivity index (χ1) is 14.2. The average Bonchev–Trinajstić information content (AvgIpc) is 2.98. The molecule has 8 heteroatoms. The van der Waals surface area contributed by atoms with Gasteiger partial charge in [-0.3, -0.25) is 24.1 Å². The normalized spacial score (nSPS) is 14.7. The van der Waals surface area contributed by atoms with E-state index in [9.17, 15) is 24.0 Å². The summed E-state index contributed by atoms with van der Waals surface area (Å²) in [5.41, 5.74) is 1.38. The molecule has 2 aromatic carbocycles. The van der Waals surface area contributed by atoms with E-state index in [1.807, 2.05) is 0 Å². The van der Waals surface area contributed by atoms with Crippen LogP contribution in [0.5, 0.6) is 0 Å². The average molecular weight is 408 g/mol. The summed E-state index contributed by atoms with van der Waals surface area (Å²) >= 11 is 0. The first-order valence-electron chi connectivity index (χ1n) is 9.30. The Hall–Kier alpha value is -3.81. The second-order valence-corrected chi connectivity index (χ2v) is 6.90. The molecule has 2 aromatic rings. The number of ether oxygens (including phenoxy) is 1. The van der Waals surface area contributed by atoms with Crippen molar-refractivity contribution >= 4 is 35.2 Å². The predicted molar refractivity (Wildman–Crippen MR) is 107 cm³/mol. The third-order valence-electron chi connectivity index (χ3n) is 4.78. The van der Waals surface area contributed by atoms with E-state index < -0.39 is 35.8 Å². The zero-order chi connectivity index (χ0) is 22.0. The molecule has 0 radical (unpaired) electrons. The molecule has 8 nitrogen and oxygen atoms in total. The van der Waals surface area contributed by atoms with Crippen molar-refractivity contribution in [3.05, 3.63) is 65.2 Å². The number of amides is 3. The van der Waals surface area contributed by atoms with Gasteiger partial charge in [-0.15, -0.1) is 0 Å². The van der Waals surface area contributed by atoms with Gasteiger partial charge >= 0.3 is 5.97 Å². The number of hydrogen-bond acceptors (Lipinski definition) is 6. The Morgan fingerprint density at radius 1 is 0.900 bits per heavy atom. The topological polar surface area (TPSA) is 110 Å². The highest BCUT2D eigenvalue weighted by Gasteiger charge is 2.41. The smallest absolute Gasteiger partial charge is 0.329 e. The molecule has 0 saturated heterocycles. The Labute approximate surface area is 172 Å². The molecule has 30 heavy (non-hydrogen) atoms. The Balaban J connectivity index is 1.62. The van der Waals surface area contributed by atoms with Crippen LogP contribution in [0.4, 0.5) is 5.69 Å². The number of ketones is 1. The molecule has 1 aliphatic heterocycles. The Kier molecular flexibility index (Phi) is 5.77. The minimum atomic E-state index is -1.19. The van der Waals surface area contributed by atoms with Gasteiger partial charge < -0.3 is 10.1 Å². The summed E-state index contributed by atoms with van der Waals surface area (Å²) in [5, 5.41) is 2.58. The molecule has 2 atom stereocenters. The summed E-state index contributed by atoms with van der Waals surface area (Å²) in [6.07, 6.45) is -1.16. The van der Waals surface area contributed by atoms with E-state index in [0.29, 0.717) is 11.3 Å². The maximum absolute atomic E-state index is 12.5. The number of rotatable bonds is 6. The standard InChI is InChI=1S/C22H20N2O6/c1-12(24-20(27)17-6-4-5-7-18(17)21(24)28)22(29)30-14(3)19(26)23-16-10-8-15(9-11-16)13(2)25/h4-12,14H,1-3H3,(H,23,26)/t12-,14+/m0/s1. The van der Waals surface area contributed by atoms with Gasteiger partial charge in [-0.1, -0.05) is 12.1 Å². The van der Waals surface area contributed by atoms with E-state index >= 15 is 0 Å². The lowest BCUT2D eigenvalue weighted by atomic mass is 10.1. The molecule has 0 bridgehead atoms. The molecular formula is C22H20N2O6. The summed E-state index contributed by atoms with van der Waals surface area (Å²) in [5.74, 6) is -2.73. The molecule has 1 heterocycles. The fraction of sp³-hybridized carbons (Fsp3) is 0.227. The Morgan fingerprint density at radius 3 is 1.93 bits per heavy atom. The fourth-order valence-electron chi connectivity index (χ4n) is 3.02. The van der Waals surface area contributed by atoms with E-state index in [1.54, 1.807) is 36.4 Å². The second-order valence-electron chi connectivity index (χ2n) is 6.90. The van der Waals surface area contributed by atoms with Gasteiger partial charge in [0.25, 0.3) is 17.7 Å². The monoisotopic (exact) mass is 408 g/mol. The second kappa shape index (κ2) is 8.28. The fourth-order valence-corrected chi connectivity index (χ4v) is 3.02. The van der Waals surface area contributed by atoms with Gasteiger partial charge in [-0.05, 0) is 57.2 Å². The molecule has 154 valence electrons. The number of imide groups is 1. The van der Waals surface area contributed by atoms with Crippen LogP contribution in [0.25, 0.3) is 0 Å². The first kappa shape index (κ1) is 20.9. The molecular weight excluding hydrogens is 388 g/mol. The van der Waals surface area contributed by atoms with Gasteiger partial charge in [-0.25, -0.2) is 4.79 Å². The number of Topliss-reactive ketones (excluding diaryl/α,β-unsaturated/α-hetero) is 1. The Bertz CT molecular complexity index is 1010. The van der Waals surface area contributed by atoms with Gasteiger partial charge in [-0.2, -0.15) is 0 Å². The van der Waals surface area contributed by atoms with Crippen molar-refractivity contribution in [2.24, 2.45) is 0 Å². The number of esters is 1. The molecule has 3 amide bonds. The van der Waals surface area contributed by atoms with Crippen molar-refractivity contribution in [2.75, 3.05) is 5.32 Å². The van der Waals surface area contributed by atoms with Gasteiger partial charge in [0, 0.05) is 11.3 Å². The molecule has 0 aliphatic carbocycles. The number of fused-ring (bicyclic) bond motifs is 1. The van der Waals surface area contributed by atoms with Crippen molar-refractivity contribution in [1.82, 2.24) is 4.90 Å². The van der Waals surface area contributed by atoms with Crippen LogP contribution in [-0.2, 0) is 14.3 Å². The van der Waals surface area contributed by atoms with Crippen LogP contribution in [0.2, 0.25) is 0 Å². The molecule has 0 fully saturated rings. The summed E-state index contributed by atoms with van der Waals surface area (Å²) in [7, 11) is 0. The summed E-state index contributed by atoms with van der Waals surface area (Å²) in [4.78, 5) is 61.9. The van der Waals surface area contributed by atoms with E-state index in [1.165, 1.54) is 32.9 Å². The quantitative estimate of drug-likeness (QED) is 0.447. The van der Waals surface area contributed by atoms with Crippen molar-refractivity contribution in [3.63, 3.8) is 0 Å². The van der Waals surface area contributed by atoms with Gasteiger partial charge in [0.1, 0.15) is 6.04 Å². The van der Waals surface area contributed by atoms with Gasteiger partial charge in [0.2, 0.25) is 0 Å². The van der Waals surface area contributed by atoms with Crippen LogP contribution < -0.4 is 5.32 Å². The molecule has 0 spiro atoms. The van der Waals surface area contributed by atoms with E-state index in [-0.39, 0.29) is 16.9 Å². The minimum Gasteiger partial charge on any atom is -0.451 e. The van der Waals surface area contributed by atoms with Crippen molar-refractivity contribution in [3.8, 4) is 0 Å². The maximum Gasteiger partial charge on any atom is 0.329 e. The lowest BCUT2D eigenvalue weighted by Gasteiger charge is -2.22. The lowest BCUT2D eigenvalue weighted by Crippen LogP contribution is -2.45. The van der Waals surface area contributed by atoms with Crippen LogP contribution in [0.3, 0.4) is 0 Å². The van der Waals surface area contributed by atoms with Gasteiger partial charge in [0.15, 0.2) is 11.9 Å². The van der Waals surface area contributed by atoms with Crippen LogP contribution in [0.1, 0.15) is 51.8 Å². The molecule has 1 N–H and O–H groups in total. The van der Waals surface area contributed by atoms with Crippen LogP contribution in [-0.4, -0.2) is 46.5 Å². The molecule has 3 rings (SSSR count). The number of benzene rings is 2. The molecule has 0 unspecified atom stereocenters. The zero-order valence-electron chi connectivity index (χ0n) is 16.7. The third kappa shape index (κ3) is 3.98. The Morgan fingerprint density at radius 2 is 1.43 bits per heavy atom. The highest BCUT2D eigenvalue weighted by atomic mass is 16.5. The molecule has 0 aromatic heterocycles. The van der Waals surface area contributed by atoms with Crippen LogP contribution >= 0.6 is 0 Å². The van der Waals surface area contributed by atoms with Crippen molar-refractivity contribution < 1.29 is 28.7 Å². The van der Waals surface area contributed by atoms with Crippen LogP contribution in [0, 0.1) is 0 Å². The summed E-state index contributed by atoms with van der Waals surface area (Å²) in [6.45, 7) is 4.19. The maximum atomic E-state index is 12.5. The third-order valence-corrected chi connectivity index (χ3v) is 4.78. The highest BCUT2D eigenvalue weighted by Crippen LogP contribution is 2.25. The van der Waals surface area contributed by atoms with E-state index in [4.69, 9.17) is 4.74 Å². The largest absolute Gasteiger partial charge is 0.451 e. The van der Waals surface area contributed by atoms with E-state index in [2.05, 4.69) is 5.32 Å². The molecule has 1 aliphatic rings. The minimum absolute atomic E-state index is 0.0997. The number of hydrogen-bond donors (Lipinski definition) is 1. The number of carbonyl (C=O) groups excluding carboxylic acids is 5.